The average molecular weight is 229 g/mol. The van der Waals surface area contributed by atoms with Crippen LogP contribution in [0.4, 0.5) is 0 Å². The van der Waals surface area contributed by atoms with Crippen LogP contribution in [0, 0.1) is 0 Å². The molecule has 1 N–H and O–H groups in total. The summed E-state index contributed by atoms with van der Waals surface area (Å²) in [6.45, 7) is 0. The van der Waals surface area contributed by atoms with Crippen molar-refractivity contribution in [2.24, 2.45) is 4.99 Å². The lowest BCUT2D eigenvalue weighted by Crippen LogP contribution is -2.21. The summed E-state index contributed by atoms with van der Waals surface area (Å²) in [5.41, 5.74) is 0.756. The Balaban J connectivity index is 2.08. The normalized spacial score (nSPS) is 29.9. The Morgan fingerprint density at radius 3 is 2.87 bits per heavy atom. The van der Waals surface area contributed by atoms with Crippen LogP contribution in [0.1, 0.15) is 5.56 Å². The number of aliphatic imine (C=N–C) groups is 1. The molecule has 0 aromatic carbocycles. The van der Waals surface area contributed by atoms with E-state index >= 15 is 0 Å². The molecule has 0 bridgehead atoms. The quantitative estimate of drug-likeness (QED) is 0.715. The molecule has 1 fully saturated rings. The van der Waals surface area contributed by atoms with Crippen LogP contribution >= 0.6 is 0 Å². The van der Waals surface area contributed by atoms with Crippen molar-refractivity contribution in [3.8, 4) is 0 Å². The van der Waals surface area contributed by atoms with Crippen molar-refractivity contribution >= 4 is 16.1 Å². The first-order valence-electron chi connectivity index (χ1n) is 4.51. The van der Waals surface area contributed by atoms with Gasteiger partial charge in [0.15, 0.2) is 9.84 Å². The van der Waals surface area contributed by atoms with E-state index in [-0.39, 0.29) is 11.5 Å². The van der Waals surface area contributed by atoms with Crippen molar-refractivity contribution in [3.05, 3.63) is 24.2 Å². The van der Waals surface area contributed by atoms with Gasteiger partial charge in [0.05, 0.1) is 36.2 Å². The van der Waals surface area contributed by atoms with E-state index in [0.717, 1.165) is 5.56 Å². The molecule has 2 heterocycles. The van der Waals surface area contributed by atoms with Crippen LogP contribution in [0.3, 0.4) is 0 Å². The van der Waals surface area contributed by atoms with Gasteiger partial charge in [0.25, 0.3) is 0 Å². The molecule has 1 saturated heterocycles. The van der Waals surface area contributed by atoms with E-state index in [4.69, 9.17) is 4.42 Å². The minimum atomic E-state index is -3.12. The zero-order chi connectivity index (χ0) is 10.9. The predicted molar refractivity (Wildman–Crippen MR) is 54.8 cm³/mol. The maximum atomic E-state index is 11.2. The van der Waals surface area contributed by atoms with Crippen molar-refractivity contribution in [3.63, 3.8) is 0 Å². The van der Waals surface area contributed by atoms with Gasteiger partial charge >= 0.3 is 0 Å². The molecule has 5 nitrogen and oxygen atoms in total. The third-order valence-corrected chi connectivity index (χ3v) is 3.95. The predicted octanol–water partition coefficient (Wildman–Crippen LogP) is -0.144. The first kappa shape index (κ1) is 10.4. The van der Waals surface area contributed by atoms with Crippen molar-refractivity contribution in [2.45, 2.75) is 12.1 Å². The number of furan rings is 1. The van der Waals surface area contributed by atoms with Gasteiger partial charge in [0.1, 0.15) is 0 Å². The maximum absolute atomic E-state index is 11.2. The van der Waals surface area contributed by atoms with Crippen LogP contribution < -0.4 is 0 Å². The molecule has 1 aromatic heterocycles. The molecule has 1 aliphatic heterocycles. The fourth-order valence-electron chi connectivity index (χ4n) is 1.48. The fourth-order valence-corrected chi connectivity index (χ4v) is 3.19. The van der Waals surface area contributed by atoms with Gasteiger partial charge in [-0.25, -0.2) is 8.42 Å². The smallest absolute Gasteiger partial charge is 0.155 e. The van der Waals surface area contributed by atoms with Crippen molar-refractivity contribution in [1.29, 1.82) is 0 Å². The lowest BCUT2D eigenvalue weighted by Gasteiger charge is -2.04. The Morgan fingerprint density at radius 2 is 2.33 bits per heavy atom. The van der Waals surface area contributed by atoms with E-state index in [1.807, 2.05) is 0 Å². The van der Waals surface area contributed by atoms with Crippen LogP contribution in [0.25, 0.3) is 0 Å². The van der Waals surface area contributed by atoms with Crippen LogP contribution in [-0.2, 0) is 9.84 Å². The highest BCUT2D eigenvalue weighted by atomic mass is 32.2. The summed E-state index contributed by atoms with van der Waals surface area (Å²) in [5.74, 6) is -0.275. The SMILES string of the molecule is O=S1(=O)CC(O)C(N=Cc2ccoc2)C1. The van der Waals surface area contributed by atoms with Crippen molar-refractivity contribution < 1.29 is 17.9 Å². The Bertz CT molecular complexity index is 448. The third-order valence-electron chi connectivity index (χ3n) is 2.25. The molecule has 6 heteroatoms. The standard InChI is InChI=1S/C9H11NO4S/c11-9-6-15(12,13)5-8(9)10-3-7-1-2-14-4-7/h1-4,8-9,11H,5-6H2. The van der Waals surface area contributed by atoms with Gasteiger partial charge in [0, 0.05) is 11.8 Å². The zero-order valence-electron chi connectivity index (χ0n) is 7.91. The van der Waals surface area contributed by atoms with Gasteiger partial charge in [0.2, 0.25) is 0 Å². The number of aliphatic hydroxyl groups is 1. The van der Waals surface area contributed by atoms with E-state index < -0.39 is 22.0 Å². The van der Waals surface area contributed by atoms with Gasteiger partial charge in [-0.3, -0.25) is 4.99 Å². The first-order chi connectivity index (χ1) is 7.07. The second kappa shape index (κ2) is 3.79. The summed E-state index contributed by atoms with van der Waals surface area (Å²) < 4.78 is 27.1. The Morgan fingerprint density at radius 1 is 1.53 bits per heavy atom. The molecule has 82 valence electrons. The summed E-state index contributed by atoms with van der Waals surface area (Å²) in [7, 11) is -3.12. The van der Waals surface area contributed by atoms with Crippen molar-refractivity contribution in [1.82, 2.24) is 0 Å². The van der Waals surface area contributed by atoms with E-state index in [1.54, 1.807) is 6.07 Å². The monoisotopic (exact) mass is 229 g/mol. The van der Waals surface area contributed by atoms with E-state index in [1.165, 1.54) is 18.7 Å². The second-order valence-corrected chi connectivity index (χ2v) is 5.70. The van der Waals surface area contributed by atoms with Gasteiger partial charge in [-0.05, 0) is 6.07 Å². The van der Waals surface area contributed by atoms with Gasteiger partial charge in [-0.2, -0.15) is 0 Å². The molecule has 0 aliphatic carbocycles. The summed E-state index contributed by atoms with van der Waals surface area (Å²) in [6, 6.07) is 1.16. The van der Waals surface area contributed by atoms with E-state index in [2.05, 4.69) is 4.99 Å². The minimum absolute atomic E-state index is 0.0808. The van der Waals surface area contributed by atoms with Crippen LogP contribution in [0.2, 0.25) is 0 Å². The average Bonchev–Trinajstić information content (AvgIpc) is 2.70. The Hall–Kier alpha value is -1.14. The van der Waals surface area contributed by atoms with Crippen LogP contribution in [0.5, 0.6) is 0 Å². The number of rotatable bonds is 2. The summed E-state index contributed by atoms with van der Waals surface area (Å²) in [4.78, 5) is 4.03. The molecule has 0 amide bonds. The van der Waals surface area contributed by atoms with E-state index in [0.29, 0.717) is 0 Å². The zero-order valence-corrected chi connectivity index (χ0v) is 8.72. The largest absolute Gasteiger partial charge is 0.472 e. The van der Waals surface area contributed by atoms with Gasteiger partial charge in [-0.15, -0.1) is 0 Å². The highest BCUT2D eigenvalue weighted by Gasteiger charge is 2.35. The Labute approximate surface area is 87.4 Å². The highest BCUT2D eigenvalue weighted by molar-refractivity contribution is 7.91. The van der Waals surface area contributed by atoms with Crippen molar-refractivity contribution in [2.75, 3.05) is 11.5 Å². The number of sulfone groups is 1. The summed E-state index contributed by atoms with van der Waals surface area (Å²) in [5, 5.41) is 9.44. The third kappa shape index (κ3) is 2.45. The molecule has 1 aliphatic rings. The lowest BCUT2D eigenvalue weighted by atomic mass is 10.2. The Kier molecular flexibility index (Phi) is 2.62. The summed E-state index contributed by atoms with van der Waals surface area (Å²) >= 11 is 0. The topological polar surface area (TPSA) is 79.9 Å². The van der Waals surface area contributed by atoms with Gasteiger partial charge < -0.3 is 9.52 Å². The van der Waals surface area contributed by atoms with E-state index in [9.17, 15) is 13.5 Å². The summed E-state index contributed by atoms with van der Waals surface area (Å²) in [6.07, 6.45) is 3.62. The number of aliphatic hydroxyl groups excluding tert-OH is 1. The van der Waals surface area contributed by atoms with Crippen LogP contribution in [-0.4, -0.2) is 43.4 Å². The molecule has 2 atom stereocenters. The molecular weight excluding hydrogens is 218 g/mol. The first-order valence-corrected chi connectivity index (χ1v) is 6.33. The molecule has 15 heavy (non-hydrogen) atoms. The number of hydrogen-bond donors (Lipinski definition) is 1. The maximum Gasteiger partial charge on any atom is 0.155 e. The molecule has 2 rings (SSSR count). The molecule has 2 unspecified atom stereocenters. The molecule has 0 spiro atoms. The lowest BCUT2D eigenvalue weighted by molar-refractivity contribution is 0.184. The number of hydrogen-bond acceptors (Lipinski definition) is 5. The van der Waals surface area contributed by atoms with Crippen LogP contribution in [0.15, 0.2) is 28.0 Å². The number of nitrogens with zero attached hydrogens (tertiary/aromatic N) is 1. The molecule has 1 aromatic rings. The second-order valence-electron chi connectivity index (χ2n) is 3.55. The highest BCUT2D eigenvalue weighted by Crippen LogP contribution is 2.15. The fraction of sp³-hybridized carbons (Fsp3) is 0.444. The molecule has 0 saturated carbocycles. The molecular formula is C9H11NO4S. The van der Waals surface area contributed by atoms with Gasteiger partial charge in [-0.1, -0.05) is 0 Å². The molecule has 0 radical (unpaired) electrons. The minimum Gasteiger partial charge on any atom is -0.472 e.